The lowest BCUT2D eigenvalue weighted by molar-refractivity contribution is -0.136. The molecule has 4 aliphatic rings. The standard InChI is InChI=1S/C16H22N2O/c1-9-5-13-12-7-10-8-18(14(12)6-9)15(13)16(19)11(10)3-2-4-17/h9-15H,2-3,5-8H2,1H3. The molecule has 1 saturated carbocycles. The summed E-state index contributed by atoms with van der Waals surface area (Å²) in [5.74, 6) is 3.46. The Labute approximate surface area is 115 Å². The highest BCUT2D eigenvalue weighted by atomic mass is 16.1. The monoisotopic (exact) mass is 258 g/mol. The molecule has 0 amide bonds. The molecule has 0 aromatic carbocycles. The maximum atomic E-state index is 12.8. The molecule has 0 spiro atoms. The summed E-state index contributed by atoms with van der Waals surface area (Å²) in [6, 6.07) is 3.15. The van der Waals surface area contributed by atoms with Gasteiger partial charge in [-0.15, -0.1) is 0 Å². The molecule has 19 heavy (non-hydrogen) atoms. The fraction of sp³-hybridized carbons (Fsp3) is 0.875. The molecular formula is C16H22N2O. The van der Waals surface area contributed by atoms with Crippen molar-refractivity contribution < 1.29 is 4.79 Å². The van der Waals surface area contributed by atoms with E-state index < -0.39 is 0 Å². The zero-order valence-electron chi connectivity index (χ0n) is 11.6. The first-order chi connectivity index (χ1) is 9.20. The van der Waals surface area contributed by atoms with E-state index in [1.54, 1.807) is 0 Å². The molecule has 0 aromatic heterocycles. The van der Waals surface area contributed by atoms with E-state index in [0.717, 1.165) is 24.8 Å². The third-order valence-corrected chi connectivity index (χ3v) is 6.36. The molecule has 3 heterocycles. The Balaban J connectivity index is 1.66. The van der Waals surface area contributed by atoms with Crippen LogP contribution in [-0.2, 0) is 4.79 Å². The quantitative estimate of drug-likeness (QED) is 0.763. The number of carbonyl (C=O) groups excluding carboxylic acids is 1. The Morgan fingerprint density at radius 1 is 1.32 bits per heavy atom. The smallest absolute Gasteiger partial charge is 0.153 e. The van der Waals surface area contributed by atoms with Crippen LogP contribution in [0.4, 0.5) is 0 Å². The van der Waals surface area contributed by atoms with Crippen molar-refractivity contribution in [2.24, 2.45) is 29.6 Å². The van der Waals surface area contributed by atoms with E-state index in [-0.39, 0.29) is 12.0 Å². The van der Waals surface area contributed by atoms with Crippen molar-refractivity contribution in [3.63, 3.8) is 0 Å². The van der Waals surface area contributed by atoms with Crippen LogP contribution in [0, 0.1) is 40.9 Å². The van der Waals surface area contributed by atoms with Gasteiger partial charge in [0.15, 0.2) is 5.78 Å². The summed E-state index contributed by atoms with van der Waals surface area (Å²) in [7, 11) is 0. The van der Waals surface area contributed by atoms with Gasteiger partial charge in [-0.05, 0) is 49.4 Å². The van der Waals surface area contributed by atoms with Crippen LogP contribution < -0.4 is 0 Å². The summed E-state index contributed by atoms with van der Waals surface area (Å²) in [5.41, 5.74) is 0. The number of hydrogen-bond acceptors (Lipinski definition) is 3. The molecule has 3 nitrogen and oxygen atoms in total. The Morgan fingerprint density at radius 2 is 2.16 bits per heavy atom. The molecule has 4 rings (SSSR count). The number of piperidine rings is 2. The number of nitrogens with zero attached hydrogens (tertiary/aromatic N) is 2. The van der Waals surface area contributed by atoms with Crippen LogP contribution in [0.5, 0.6) is 0 Å². The molecule has 3 saturated heterocycles. The van der Waals surface area contributed by atoms with Crippen molar-refractivity contribution in [2.45, 2.75) is 51.1 Å². The first-order valence-corrected chi connectivity index (χ1v) is 7.87. The first kappa shape index (κ1) is 11.9. The molecule has 3 heteroatoms. The van der Waals surface area contributed by atoms with E-state index in [0.29, 0.717) is 30.1 Å². The van der Waals surface area contributed by atoms with Gasteiger partial charge in [0.25, 0.3) is 0 Å². The van der Waals surface area contributed by atoms with Crippen LogP contribution in [0.15, 0.2) is 0 Å². The highest BCUT2D eigenvalue weighted by Crippen LogP contribution is 2.57. The molecule has 5 bridgehead atoms. The first-order valence-electron chi connectivity index (χ1n) is 7.87. The van der Waals surface area contributed by atoms with Crippen molar-refractivity contribution in [1.29, 1.82) is 5.26 Å². The van der Waals surface area contributed by atoms with Gasteiger partial charge in [0.1, 0.15) is 0 Å². The highest BCUT2D eigenvalue weighted by molar-refractivity contribution is 5.88. The summed E-state index contributed by atoms with van der Waals surface area (Å²) in [6.45, 7) is 3.49. The van der Waals surface area contributed by atoms with Gasteiger partial charge in [-0.25, -0.2) is 0 Å². The molecule has 3 aliphatic heterocycles. The van der Waals surface area contributed by atoms with Crippen LogP contribution in [-0.4, -0.2) is 29.3 Å². The third-order valence-electron chi connectivity index (χ3n) is 6.36. The maximum Gasteiger partial charge on any atom is 0.153 e. The van der Waals surface area contributed by atoms with Crippen LogP contribution in [0.1, 0.15) is 39.0 Å². The molecule has 0 radical (unpaired) electrons. The predicted octanol–water partition coefficient (Wildman–Crippen LogP) is 2.22. The van der Waals surface area contributed by atoms with Gasteiger partial charge in [-0.1, -0.05) is 6.92 Å². The van der Waals surface area contributed by atoms with Gasteiger partial charge < -0.3 is 0 Å². The van der Waals surface area contributed by atoms with E-state index in [4.69, 9.17) is 5.26 Å². The number of Topliss-reactive ketones (excluding diaryl/α,β-unsaturated/α-hetero) is 1. The van der Waals surface area contributed by atoms with E-state index >= 15 is 0 Å². The number of ketones is 1. The minimum atomic E-state index is 0.197. The predicted molar refractivity (Wildman–Crippen MR) is 71.1 cm³/mol. The van der Waals surface area contributed by atoms with Crippen LogP contribution in [0.3, 0.4) is 0 Å². The van der Waals surface area contributed by atoms with E-state index in [9.17, 15) is 4.79 Å². The van der Waals surface area contributed by atoms with Gasteiger partial charge in [-0.3, -0.25) is 9.69 Å². The Kier molecular flexibility index (Phi) is 2.54. The van der Waals surface area contributed by atoms with Gasteiger partial charge in [0.2, 0.25) is 0 Å². The number of rotatable bonds is 2. The number of hydrogen-bond donors (Lipinski definition) is 0. The zero-order valence-corrected chi connectivity index (χ0v) is 11.6. The fourth-order valence-electron chi connectivity index (χ4n) is 5.80. The Hall–Kier alpha value is -0.880. The Bertz CT molecular complexity index is 454. The minimum absolute atomic E-state index is 0.197. The average molecular weight is 258 g/mol. The van der Waals surface area contributed by atoms with Crippen molar-refractivity contribution >= 4 is 5.78 Å². The summed E-state index contributed by atoms with van der Waals surface area (Å²) in [5, 5.41) is 8.80. The summed E-state index contributed by atoms with van der Waals surface area (Å²) in [6.07, 6.45) is 5.18. The lowest BCUT2D eigenvalue weighted by atomic mass is 9.70. The van der Waals surface area contributed by atoms with Crippen molar-refractivity contribution in [2.75, 3.05) is 6.54 Å². The lowest BCUT2D eigenvalue weighted by Gasteiger charge is -2.46. The number of nitriles is 1. The third kappa shape index (κ3) is 1.50. The lowest BCUT2D eigenvalue weighted by Crippen LogP contribution is -2.55. The largest absolute Gasteiger partial charge is 0.298 e. The number of fused-ring (bicyclic) bond motifs is 2. The van der Waals surface area contributed by atoms with Gasteiger partial charge in [0.05, 0.1) is 12.1 Å². The van der Waals surface area contributed by atoms with E-state index in [2.05, 4.69) is 17.9 Å². The highest BCUT2D eigenvalue weighted by Gasteiger charge is 2.62. The van der Waals surface area contributed by atoms with Crippen LogP contribution in [0.25, 0.3) is 0 Å². The topological polar surface area (TPSA) is 44.1 Å². The second-order valence-electron chi connectivity index (χ2n) is 7.31. The second-order valence-corrected chi connectivity index (χ2v) is 7.31. The van der Waals surface area contributed by atoms with Gasteiger partial charge in [-0.2, -0.15) is 5.26 Å². The minimum Gasteiger partial charge on any atom is -0.298 e. The van der Waals surface area contributed by atoms with Crippen LogP contribution >= 0.6 is 0 Å². The van der Waals surface area contributed by atoms with Gasteiger partial charge in [0, 0.05) is 24.9 Å². The molecule has 0 aromatic rings. The molecule has 8 atom stereocenters. The van der Waals surface area contributed by atoms with E-state index in [1.165, 1.54) is 19.3 Å². The number of carbonyl (C=O) groups is 1. The normalized spacial score (nSPS) is 54.2. The van der Waals surface area contributed by atoms with Crippen molar-refractivity contribution in [3.8, 4) is 6.07 Å². The van der Waals surface area contributed by atoms with E-state index in [1.807, 2.05) is 0 Å². The zero-order chi connectivity index (χ0) is 13.1. The molecule has 102 valence electrons. The molecule has 1 aliphatic carbocycles. The maximum absolute atomic E-state index is 12.8. The second kappa shape index (κ2) is 4.06. The van der Waals surface area contributed by atoms with Crippen LogP contribution in [0.2, 0.25) is 0 Å². The molecule has 8 unspecified atom stereocenters. The van der Waals surface area contributed by atoms with Crippen molar-refractivity contribution in [3.05, 3.63) is 0 Å². The molecular weight excluding hydrogens is 236 g/mol. The average Bonchev–Trinajstić information content (AvgIpc) is 2.55. The summed E-state index contributed by atoms with van der Waals surface area (Å²) >= 11 is 0. The molecule has 0 N–H and O–H groups in total. The van der Waals surface area contributed by atoms with Gasteiger partial charge >= 0.3 is 0 Å². The fourth-order valence-corrected chi connectivity index (χ4v) is 5.80. The SMILES string of the molecule is CC1CC2C3CC4CN(C3C1)C2C(=O)C4CCC#N. The summed E-state index contributed by atoms with van der Waals surface area (Å²) < 4.78 is 0. The Morgan fingerprint density at radius 3 is 2.95 bits per heavy atom. The summed E-state index contributed by atoms with van der Waals surface area (Å²) in [4.78, 5) is 15.4. The molecule has 4 fully saturated rings. The van der Waals surface area contributed by atoms with Crippen molar-refractivity contribution in [1.82, 2.24) is 4.90 Å².